The molecule has 2 rings (SSSR count). The molecule has 0 bridgehead atoms. The number of methoxy groups -OCH3 is 1. The Morgan fingerprint density at radius 1 is 1.50 bits per heavy atom. The van der Waals surface area contributed by atoms with Gasteiger partial charge in [0.2, 0.25) is 0 Å². The lowest BCUT2D eigenvalue weighted by molar-refractivity contribution is -0.0601. The number of primary amides is 1. The van der Waals surface area contributed by atoms with Crippen LogP contribution < -0.4 is 16.8 Å². The molecule has 0 spiro atoms. The minimum absolute atomic E-state index is 0.0881. The maximum atomic E-state index is 11.2. The van der Waals surface area contributed by atoms with E-state index in [9.17, 15) is 4.79 Å². The van der Waals surface area contributed by atoms with E-state index in [0.29, 0.717) is 17.8 Å². The Bertz CT molecular complexity index is 450. The molecule has 5 N–H and O–H groups in total. The van der Waals surface area contributed by atoms with Gasteiger partial charge in [0.05, 0.1) is 22.5 Å². The molecular weight excluding hydrogens is 230 g/mol. The summed E-state index contributed by atoms with van der Waals surface area (Å²) >= 11 is 0. The van der Waals surface area contributed by atoms with Gasteiger partial charge in [0.25, 0.3) is 5.91 Å². The molecule has 0 saturated heterocycles. The van der Waals surface area contributed by atoms with Crippen LogP contribution in [0.15, 0.2) is 18.2 Å². The predicted octanol–water partition coefficient (Wildman–Crippen LogP) is 1.35. The number of nitrogens with one attached hydrogen (secondary N) is 1. The van der Waals surface area contributed by atoms with Crippen LogP contribution in [0.3, 0.4) is 0 Å². The number of rotatable bonds is 5. The summed E-state index contributed by atoms with van der Waals surface area (Å²) in [5.41, 5.74) is 12.6. The number of benzene rings is 1. The van der Waals surface area contributed by atoms with E-state index in [2.05, 4.69) is 5.32 Å². The van der Waals surface area contributed by atoms with Crippen LogP contribution >= 0.6 is 0 Å². The number of anilines is 2. The number of carbonyl (C=O) groups is 1. The number of carbonyl (C=O) groups excluding carboxylic acids is 1. The van der Waals surface area contributed by atoms with Crippen LogP contribution in [0.5, 0.6) is 0 Å². The van der Waals surface area contributed by atoms with Crippen molar-refractivity contribution in [2.75, 3.05) is 24.7 Å². The summed E-state index contributed by atoms with van der Waals surface area (Å²) in [7, 11) is 1.73. The fourth-order valence-electron chi connectivity index (χ4n) is 2.21. The molecule has 1 fully saturated rings. The normalized spacial score (nSPS) is 16.9. The zero-order valence-corrected chi connectivity index (χ0v) is 10.5. The van der Waals surface area contributed by atoms with Gasteiger partial charge in [-0.3, -0.25) is 4.79 Å². The number of nitrogen functional groups attached to an aromatic ring is 1. The Balaban J connectivity index is 2.10. The highest BCUT2D eigenvalue weighted by molar-refractivity contribution is 6.00. The van der Waals surface area contributed by atoms with E-state index in [0.717, 1.165) is 18.5 Å². The molecule has 5 nitrogen and oxygen atoms in total. The van der Waals surface area contributed by atoms with Crippen molar-refractivity contribution in [1.29, 1.82) is 0 Å². The van der Waals surface area contributed by atoms with Gasteiger partial charge in [-0.2, -0.15) is 0 Å². The summed E-state index contributed by atoms with van der Waals surface area (Å²) in [4.78, 5) is 11.2. The van der Waals surface area contributed by atoms with Crippen LogP contribution in [0.1, 0.15) is 29.6 Å². The predicted molar refractivity (Wildman–Crippen MR) is 71.5 cm³/mol. The van der Waals surface area contributed by atoms with E-state index in [1.165, 1.54) is 6.42 Å². The minimum atomic E-state index is -0.513. The van der Waals surface area contributed by atoms with Gasteiger partial charge in [0.1, 0.15) is 0 Å². The highest BCUT2D eigenvalue weighted by atomic mass is 16.5. The van der Waals surface area contributed by atoms with Crippen LogP contribution in [0, 0.1) is 0 Å². The van der Waals surface area contributed by atoms with Gasteiger partial charge < -0.3 is 21.5 Å². The topological polar surface area (TPSA) is 90.4 Å². The van der Waals surface area contributed by atoms with Gasteiger partial charge >= 0.3 is 0 Å². The number of nitrogens with two attached hydrogens (primary N) is 2. The summed E-state index contributed by atoms with van der Waals surface area (Å²) in [6.45, 7) is 0.690. The molecule has 0 atom stereocenters. The van der Waals surface area contributed by atoms with Crippen molar-refractivity contribution in [3.05, 3.63) is 23.8 Å². The molecule has 1 aliphatic rings. The first kappa shape index (κ1) is 12.7. The fraction of sp³-hybridized carbons (Fsp3) is 0.462. The fourth-order valence-corrected chi connectivity index (χ4v) is 2.21. The van der Waals surface area contributed by atoms with E-state index in [4.69, 9.17) is 16.2 Å². The Kier molecular flexibility index (Phi) is 3.43. The molecule has 18 heavy (non-hydrogen) atoms. The van der Waals surface area contributed by atoms with Crippen molar-refractivity contribution in [3.8, 4) is 0 Å². The standard InChI is InChI=1S/C13H19N3O2/c1-18-13(6-3-7-13)8-16-10-5-2-4-9(11(10)14)12(15)17/h2,4-5,16H,3,6-8,14H2,1H3,(H2,15,17). The van der Waals surface area contributed by atoms with Gasteiger partial charge in [-0.05, 0) is 31.4 Å². The molecule has 1 amide bonds. The molecule has 98 valence electrons. The van der Waals surface area contributed by atoms with Gasteiger partial charge in [-0.25, -0.2) is 0 Å². The molecule has 0 radical (unpaired) electrons. The van der Waals surface area contributed by atoms with Crippen LogP contribution in [0.4, 0.5) is 11.4 Å². The SMILES string of the molecule is COC1(CNc2cccc(C(N)=O)c2N)CCC1. The first-order chi connectivity index (χ1) is 8.58. The Hall–Kier alpha value is -1.75. The monoisotopic (exact) mass is 249 g/mol. The van der Waals surface area contributed by atoms with Crippen molar-refractivity contribution in [1.82, 2.24) is 0 Å². The molecule has 0 aliphatic heterocycles. The highest BCUT2D eigenvalue weighted by Gasteiger charge is 2.36. The van der Waals surface area contributed by atoms with E-state index >= 15 is 0 Å². The largest absolute Gasteiger partial charge is 0.396 e. The lowest BCUT2D eigenvalue weighted by Gasteiger charge is -2.40. The maximum Gasteiger partial charge on any atom is 0.250 e. The third kappa shape index (κ3) is 2.26. The Labute approximate surface area is 106 Å². The summed E-state index contributed by atoms with van der Waals surface area (Å²) in [5.74, 6) is -0.513. The Morgan fingerprint density at radius 3 is 2.72 bits per heavy atom. The third-order valence-corrected chi connectivity index (χ3v) is 3.67. The minimum Gasteiger partial charge on any atom is -0.396 e. The number of ether oxygens (including phenoxy) is 1. The van der Waals surface area contributed by atoms with E-state index in [-0.39, 0.29) is 5.60 Å². The molecule has 1 aromatic rings. The van der Waals surface area contributed by atoms with Crippen molar-refractivity contribution in [3.63, 3.8) is 0 Å². The molecule has 1 aliphatic carbocycles. The lowest BCUT2D eigenvalue weighted by Crippen LogP contribution is -2.45. The molecule has 1 aromatic carbocycles. The number of amides is 1. The van der Waals surface area contributed by atoms with Gasteiger partial charge in [-0.15, -0.1) is 0 Å². The van der Waals surface area contributed by atoms with Gasteiger partial charge in [0, 0.05) is 13.7 Å². The maximum absolute atomic E-state index is 11.2. The summed E-state index contributed by atoms with van der Waals surface area (Å²) in [5, 5.41) is 3.24. The average Bonchev–Trinajstić information content (AvgIpc) is 2.29. The van der Waals surface area contributed by atoms with E-state index in [1.54, 1.807) is 19.2 Å². The lowest BCUT2D eigenvalue weighted by atomic mass is 9.80. The van der Waals surface area contributed by atoms with Crippen LogP contribution in [0.25, 0.3) is 0 Å². The van der Waals surface area contributed by atoms with Crippen LogP contribution in [-0.4, -0.2) is 25.2 Å². The van der Waals surface area contributed by atoms with Crippen molar-refractivity contribution in [2.24, 2.45) is 5.73 Å². The highest BCUT2D eigenvalue weighted by Crippen LogP contribution is 2.35. The molecule has 0 aromatic heterocycles. The smallest absolute Gasteiger partial charge is 0.250 e. The summed E-state index contributed by atoms with van der Waals surface area (Å²) in [6, 6.07) is 5.22. The van der Waals surface area contributed by atoms with Gasteiger partial charge in [0.15, 0.2) is 0 Å². The van der Waals surface area contributed by atoms with Crippen molar-refractivity contribution in [2.45, 2.75) is 24.9 Å². The first-order valence-electron chi connectivity index (χ1n) is 6.05. The number of hydrogen-bond acceptors (Lipinski definition) is 4. The zero-order valence-electron chi connectivity index (χ0n) is 10.5. The Morgan fingerprint density at radius 2 is 2.22 bits per heavy atom. The first-order valence-corrected chi connectivity index (χ1v) is 6.05. The zero-order chi connectivity index (χ0) is 13.2. The number of para-hydroxylation sites is 1. The quantitative estimate of drug-likeness (QED) is 0.687. The molecule has 1 saturated carbocycles. The summed E-state index contributed by atoms with van der Waals surface area (Å²) in [6.07, 6.45) is 3.28. The van der Waals surface area contributed by atoms with E-state index in [1.807, 2.05) is 6.07 Å². The van der Waals surface area contributed by atoms with Crippen molar-refractivity contribution >= 4 is 17.3 Å². The number of hydrogen-bond donors (Lipinski definition) is 3. The van der Waals surface area contributed by atoms with Crippen molar-refractivity contribution < 1.29 is 9.53 Å². The van der Waals surface area contributed by atoms with Crippen LogP contribution in [-0.2, 0) is 4.74 Å². The second-order valence-corrected chi connectivity index (χ2v) is 4.73. The average molecular weight is 249 g/mol. The van der Waals surface area contributed by atoms with Crippen LogP contribution in [0.2, 0.25) is 0 Å². The molecule has 0 unspecified atom stereocenters. The molecule has 5 heteroatoms. The second kappa shape index (κ2) is 4.86. The summed E-state index contributed by atoms with van der Waals surface area (Å²) < 4.78 is 5.52. The third-order valence-electron chi connectivity index (χ3n) is 3.67. The second-order valence-electron chi connectivity index (χ2n) is 4.73. The van der Waals surface area contributed by atoms with Gasteiger partial charge in [-0.1, -0.05) is 6.07 Å². The molecular formula is C13H19N3O2. The molecule has 0 heterocycles. The van der Waals surface area contributed by atoms with E-state index < -0.39 is 5.91 Å².